The van der Waals surface area contributed by atoms with E-state index in [0.717, 1.165) is 62.2 Å². The second-order valence-corrected chi connectivity index (χ2v) is 13.7. The number of nitrogen functional groups attached to an aromatic ring is 1. The maximum Gasteiger partial charge on any atom is 0.276 e. The molecular formula is C39H58Cl2N6O7. The lowest BCUT2D eigenvalue weighted by atomic mass is 10.2. The third-order valence-electron chi connectivity index (χ3n) is 9.58. The third kappa shape index (κ3) is 15.8. The number of anilines is 1. The van der Waals surface area contributed by atoms with Crippen LogP contribution in [0, 0.1) is 41.0 Å². The van der Waals surface area contributed by atoms with Crippen molar-refractivity contribution in [2.24, 2.45) is 0 Å². The van der Waals surface area contributed by atoms with Crippen LogP contribution in [-0.4, -0.2) is 108 Å². The number of phenolic OH excluding ortho intramolecular Hbond substituents is 1. The molecule has 0 unspecified atom stereocenters. The van der Waals surface area contributed by atoms with Gasteiger partial charge in [-0.25, -0.2) is 0 Å². The van der Waals surface area contributed by atoms with E-state index >= 15 is 0 Å². The fraction of sp³-hybridized carbons (Fsp3) is 0.538. The molecule has 13 nitrogen and oxygen atoms in total. The number of ether oxygens (including phenoxy) is 2. The first-order chi connectivity index (χ1) is 25.5. The maximum atomic E-state index is 10.8. The van der Waals surface area contributed by atoms with Crippen molar-refractivity contribution in [1.82, 2.24) is 14.7 Å². The van der Waals surface area contributed by atoms with E-state index < -0.39 is 4.92 Å². The summed E-state index contributed by atoms with van der Waals surface area (Å²) in [6.07, 6.45) is 7.92. The molecule has 3 aliphatic rings. The van der Waals surface area contributed by atoms with Gasteiger partial charge in [0.05, 0.1) is 21.0 Å². The molecule has 0 saturated carbocycles. The number of rotatable bonds is 12. The normalized spacial score (nSPS) is 15.4. The predicted octanol–water partition coefficient (Wildman–Crippen LogP) is 7.78. The van der Waals surface area contributed by atoms with Gasteiger partial charge < -0.3 is 25.2 Å². The van der Waals surface area contributed by atoms with Crippen LogP contribution in [0.15, 0.2) is 54.6 Å². The predicted molar refractivity (Wildman–Crippen MR) is 219 cm³/mol. The van der Waals surface area contributed by atoms with Crippen molar-refractivity contribution in [2.45, 2.75) is 59.3 Å². The van der Waals surface area contributed by atoms with Crippen molar-refractivity contribution in [3.8, 4) is 17.2 Å². The Balaban J connectivity index is 0.000000258. The van der Waals surface area contributed by atoms with Gasteiger partial charge in [-0.3, -0.25) is 30.0 Å². The highest BCUT2D eigenvalue weighted by Gasteiger charge is 2.16. The van der Waals surface area contributed by atoms with E-state index in [1.54, 1.807) is 19.1 Å². The van der Waals surface area contributed by atoms with E-state index in [2.05, 4.69) is 14.7 Å². The molecule has 54 heavy (non-hydrogen) atoms. The van der Waals surface area contributed by atoms with Gasteiger partial charge in [0.25, 0.3) is 11.4 Å². The van der Waals surface area contributed by atoms with Crippen LogP contribution in [-0.2, 0) is 0 Å². The molecule has 3 fully saturated rings. The maximum absolute atomic E-state index is 10.8. The molecule has 3 aliphatic heterocycles. The van der Waals surface area contributed by atoms with Crippen LogP contribution in [0.4, 0.5) is 17.1 Å². The Kier molecular flexibility index (Phi) is 21.6. The Labute approximate surface area is 331 Å². The number of nitrogens with zero attached hydrogens (tertiary/aromatic N) is 5. The molecule has 0 aliphatic carbocycles. The molecule has 0 atom stereocenters. The SMILES string of the molecule is Cc1c(N)cccc1OCCN1CCCC1.Cc1c(O)cccc1[N+](=O)[O-].Cc1c(OCCN2CCCC2)cccc1[N+](=O)[O-].Cl.ClCCN1CCCC1. The minimum atomic E-state index is -0.519. The lowest BCUT2D eigenvalue weighted by molar-refractivity contribution is -0.385. The highest BCUT2D eigenvalue weighted by molar-refractivity contribution is 6.18. The molecule has 3 aromatic rings. The third-order valence-corrected chi connectivity index (χ3v) is 9.75. The van der Waals surface area contributed by atoms with Crippen LogP contribution in [0.5, 0.6) is 17.2 Å². The minimum Gasteiger partial charge on any atom is -0.507 e. The van der Waals surface area contributed by atoms with E-state index in [9.17, 15) is 20.2 Å². The zero-order chi connectivity index (χ0) is 38.6. The van der Waals surface area contributed by atoms with Crippen molar-refractivity contribution in [1.29, 1.82) is 0 Å². The number of likely N-dealkylation sites (tertiary alicyclic amines) is 3. The number of phenols is 1. The van der Waals surface area contributed by atoms with Gasteiger partial charge in [-0.1, -0.05) is 18.2 Å². The van der Waals surface area contributed by atoms with Gasteiger partial charge in [0.15, 0.2) is 0 Å². The van der Waals surface area contributed by atoms with Crippen LogP contribution in [0.25, 0.3) is 0 Å². The lowest BCUT2D eigenvalue weighted by Crippen LogP contribution is -2.25. The summed E-state index contributed by atoms with van der Waals surface area (Å²) in [5.41, 5.74) is 8.65. The van der Waals surface area contributed by atoms with Crippen LogP contribution in [0.3, 0.4) is 0 Å². The van der Waals surface area contributed by atoms with Crippen molar-refractivity contribution >= 4 is 41.1 Å². The van der Waals surface area contributed by atoms with Gasteiger partial charge in [-0.2, -0.15) is 0 Å². The summed E-state index contributed by atoms with van der Waals surface area (Å²) < 4.78 is 11.4. The summed E-state index contributed by atoms with van der Waals surface area (Å²) in [7, 11) is 0. The second-order valence-electron chi connectivity index (χ2n) is 13.3. The summed E-state index contributed by atoms with van der Waals surface area (Å²) in [6, 6.07) is 15.0. The van der Waals surface area contributed by atoms with E-state index in [1.165, 1.54) is 95.9 Å². The molecule has 6 rings (SSSR count). The molecule has 0 amide bonds. The molecule has 0 radical (unpaired) electrons. The monoisotopic (exact) mass is 792 g/mol. The summed E-state index contributed by atoms with van der Waals surface area (Å²) in [6.45, 7) is 16.8. The van der Waals surface area contributed by atoms with Gasteiger partial charge in [-0.05, 0) is 123 Å². The minimum absolute atomic E-state index is 0. The molecule has 3 saturated heterocycles. The summed E-state index contributed by atoms with van der Waals surface area (Å²) in [4.78, 5) is 27.4. The van der Waals surface area contributed by atoms with E-state index in [4.69, 9.17) is 31.9 Å². The van der Waals surface area contributed by atoms with Gasteiger partial charge in [0, 0.05) is 48.9 Å². The Morgan fingerprint density at radius 2 is 1.04 bits per heavy atom. The number of nitro groups is 2. The fourth-order valence-electron chi connectivity index (χ4n) is 6.26. The van der Waals surface area contributed by atoms with Crippen LogP contribution in [0.2, 0.25) is 0 Å². The van der Waals surface area contributed by atoms with Crippen molar-refractivity contribution in [3.63, 3.8) is 0 Å². The Bertz CT molecular complexity index is 1570. The summed E-state index contributed by atoms with van der Waals surface area (Å²) in [5.74, 6) is 2.28. The average molecular weight is 794 g/mol. The van der Waals surface area contributed by atoms with Crippen LogP contribution in [0.1, 0.15) is 55.2 Å². The molecule has 0 aromatic heterocycles. The molecule has 300 valence electrons. The van der Waals surface area contributed by atoms with Crippen LogP contribution >= 0.6 is 24.0 Å². The standard InChI is InChI=1S/C13H18N2O3.C13H20N2O.C7H7NO3.C6H12ClN.ClH/c1-11-12(15(16)17)5-4-6-13(11)18-10-9-14-7-2-3-8-14;1-11-12(14)5-4-6-13(11)16-10-9-15-7-2-3-8-15;1-5-6(8(10)11)3-2-4-7(5)9;7-3-6-8-4-1-2-5-8;/h4-6H,2-3,7-10H2,1H3;4-6H,2-3,7-10,14H2,1H3;2-4,9H,1H3;1-6H2;1H. The zero-order valence-corrected chi connectivity index (χ0v) is 33.5. The fourth-order valence-corrected chi connectivity index (χ4v) is 6.50. The summed E-state index contributed by atoms with van der Waals surface area (Å²) >= 11 is 5.54. The Morgan fingerprint density at radius 1 is 0.648 bits per heavy atom. The van der Waals surface area contributed by atoms with Crippen molar-refractivity contribution in [3.05, 3.63) is 91.5 Å². The Hall–Kier alpha value is -3.88. The molecule has 0 bridgehead atoms. The highest BCUT2D eigenvalue weighted by atomic mass is 35.5. The zero-order valence-electron chi connectivity index (χ0n) is 31.9. The lowest BCUT2D eigenvalue weighted by Gasteiger charge is -2.16. The molecular weight excluding hydrogens is 735 g/mol. The van der Waals surface area contributed by atoms with E-state index in [1.807, 2.05) is 25.1 Å². The molecule has 15 heteroatoms. The molecule has 3 N–H and O–H groups in total. The quantitative estimate of drug-likeness (QED) is 0.0798. The van der Waals surface area contributed by atoms with Crippen LogP contribution < -0.4 is 15.2 Å². The number of halogens is 2. The first-order valence-electron chi connectivity index (χ1n) is 18.5. The molecule has 3 aromatic carbocycles. The number of nitrogens with two attached hydrogens (primary N) is 1. The number of hydrogen-bond donors (Lipinski definition) is 2. The molecule has 3 heterocycles. The average Bonchev–Trinajstić information content (AvgIpc) is 3.95. The largest absolute Gasteiger partial charge is 0.507 e. The topological polar surface area (TPSA) is 161 Å². The highest BCUT2D eigenvalue weighted by Crippen LogP contribution is 2.27. The van der Waals surface area contributed by atoms with Crippen molar-refractivity contribution < 1.29 is 24.4 Å². The number of alkyl halides is 1. The number of aromatic hydroxyl groups is 1. The number of nitro benzene ring substituents is 2. The van der Waals surface area contributed by atoms with Gasteiger partial charge >= 0.3 is 0 Å². The smallest absolute Gasteiger partial charge is 0.276 e. The van der Waals surface area contributed by atoms with E-state index in [0.29, 0.717) is 23.5 Å². The number of benzene rings is 3. The van der Waals surface area contributed by atoms with Crippen molar-refractivity contribution in [2.75, 3.05) is 83.7 Å². The second kappa shape index (κ2) is 25.2. The number of hydrogen-bond acceptors (Lipinski definition) is 11. The first-order valence-corrected chi connectivity index (χ1v) is 19.1. The van der Waals surface area contributed by atoms with Gasteiger partial charge in [-0.15, -0.1) is 24.0 Å². The van der Waals surface area contributed by atoms with Gasteiger partial charge in [0.2, 0.25) is 0 Å². The molecule has 0 spiro atoms. The van der Waals surface area contributed by atoms with Gasteiger partial charge in [0.1, 0.15) is 30.5 Å². The summed E-state index contributed by atoms with van der Waals surface area (Å²) in [5, 5.41) is 30.1. The Morgan fingerprint density at radius 3 is 1.46 bits per heavy atom. The first kappa shape index (κ1) is 46.3. The van der Waals surface area contributed by atoms with E-state index in [-0.39, 0.29) is 34.5 Å².